The van der Waals surface area contributed by atoms with Crippen molar-refractivity contribution in [1.82, 2.24) is 14.9 Å². The van der Waals surface area contributed by atoms with Gasteiger partial charge in [0.1, 0.15) is 0 Å². The van der Waals surface area contributed by atoms with Crippen LogP contribution >= 0.6 is 0 Å². The SMILES string of the molecule is CCN(CC(=O)NC(C)C)C(=O)c1ccc(S(=O)(=O)NC(C)(C)C)o1. The van der Waals surface area contributed by atoms with E-state index in [1.54, 1.807) is 27.7 Å². The van der Waals surface area contributed by atoms with Crippen LogP contribution in [0.2, 0.25) is 0 Å². The number of carbonyl (C=O) groups is 2. The Bertz CT molecular complexity index is 716. The Balaban J connectivity index is 2.93. The van der Waals surface area contributed by atoms with E-state index in [0.717, 1.165) is 0 Å². The number of furan rings is 1. The maximum atomic E-state index is 12.5. The molecule has 25 heavy (non-hydrogen) atoms. The summed E-state index contributed by atoms with van der Waals surface area (Å²) in [5, 5.41) is 2.36. The van der Waals surface area contributed by atoms with Crippen molar-refractivity contribution in [3.05, 3.63) is 17.9 Å². The predicted molar refractivity (Wildman–Crippen MR) is 93.6 cm³/mol. The maximum Gasteiger partial charge on any atom is 0.290 e. The average Bonchev–Trinajstić information content (AvgIpc) is 2.91. The Morgan fingerprint density at radius 3 is 2.32 bits per heavy atom. The summed E-state index contributed by atoms with van der Waals surface area (Å²) in [5.74, 6) is -0.967. The highest BCUT2D eigenvalue weighted by molar-refractivity contribution is 7.89. The molecule has 0 fully saturated rings. The topological polar surface area (TPSA) is 109 Å². The fourth-order valence-electron chi connectivity index (χ4n) is 2.06. The van der Waals surface area contributed by atoms with Gasteiger partial charge < -0.3 is 14.6 Å². The quantitative estimate of drug-likeness (QED) is 0.750. The standard InChI is InChI=1S/C16H27N3O5S/c1-7-19(10-13(20)17-11(2)3)15(21)12-8-9-14(24-12)25(22,23)18-16(4,5)6/h8-9,11,18H,7,10H2,1-6H3,(H,17,20). The van der Waals surface area contributed by atoms with Gasteiger partial charge in [-0.05, 0) is 53.7 Å². The molecule has 9 heteroatoms. The second-order valence-electron chi connectivity index (χ2n) is 7.02. The lowest BCUT2D eigenvalue weighted by molar-refractivity contribution is -0.122. The van der Waals surface area contributed by atoms with E-state index in [-0.39, 0.29) is 35.9 Å². The second-order valence-corrected chi connectivity index (χ2v) is 8.63. The van der Waals surface area contributed by atoms with Crippen LogP contribution in [0.4, 0.5) is 0 Å². The van der Waals surface area contributed by atoms with Crippen LogP contribution in [0.25, 0.3) is 0 Å². The minimum absolute atomic E-state index is 0.0369. The smallest absolute Gasteiger partial charge is 0.290 e. The van der Waals surface area contributed by atoms with Crippen LogP contribution in [0, 0.1) is 0 Å². The Kier molecular flexibility index (Phi) is 6.78. The second kappa shape index (κ2) is 8.01. The number of likely N-dealkylation sites (N-methyl/N-ethyl adjacent to an activating group) is 1. The number of rotatable bonds is 7. The van der Waals surface area contributed by atoms with Crippen molar-refractivity contribution < 1.29 is 22.4 Å². The Morgan fingerprint density at radius 2 is 1.84 bits per heavy atom. The van der Waals surface area contributed by atoms with E-state index in [9.17, 15) is 18.0 Å². The van der Waals surface area contributed by atoms with Gasteiger partial charge in [-0.1, -0.05) is 0 Å². The maximum absolute atomic E-state index is 12.5. The van der Waals surface area contributed by atoms with Gasteiger partial charge >= 0.3 is 0 Å². The van der Waals surface area contributed by atoms with E-state index in [0.29, 0.717) is 0 Å². The third-order valence-electron chi connectivity index (χ3n) is 2.95. The molecule has 1 rings (SSSR count). The van der Waals surface area contributed by atoms with E-state index in [4.69, 9.17) is 4.42 Å². The van der Waals surface area contributed by atoms with Crippen LogP contribution in [0.3, 0.4) is 0 Å². The van der Waals surface area contributed by atoms with Crippen LogP contribution in [0.5, 0.6) is 0 Å². The van der Waals surface area contributed by atoms with Crippen molar-refractivity contribution in [2.45, 2.75) is 58.2 Å². The number of amides is 2. The first-order valence-corrected chi connectivity index (χ1v) is 9.56. The van der Waals surface area contributed by atoms with Crippen molar-refractivity contribution in [2.24, 2.45) is 0 Å². The van der Waals surface area contributed by atoms with Gasteiger partial charge in [-0.3, -0.25) is 9.59 Å². The summed E-state index contributed by atoms with van der Waals surface area (Å²) >= 11 is 0. The minimum atomic E-state index is -3.87. The van der Waals surface area contributed by atoms with Crippen LogP contribution < -0.4 is 10.0 Å². The summed E-state index contributed by atoms with van der Waals surface area (Å²) in [6, 6.07) is 2.48. The summed E-state index contributed by atoms with van der Waals surface area (Å²) in [6.45, 7) is 10.6. The molecule has 0 saturated heterocycles. The zero-order valence-electron chi connectivity index (χ0n) is 15.5. The van der Waals surface area contributed by atoms with Crippen molar-refractivity contribution in [2.75, 3.05) is 13.1 Å². The summed E-state index contributed by atoms with van der Waals surface area (Å²) in [7, 11) is -3.87. The fraction of sp³-hybridized carbons (Fsp3) is 0.625. The zero-order chi connectivity index (χ0) is 19.4. The Hall–Kier alpha value is -1.87. The van der Waals surface area contributed by atoms with Crippen molar-refractivity contribution >= 4 is 21.8 Å². The molecule has 1 aromatic heterocycles. The first kappa shape index (κ1) is 21.2. The van der Waals surface area contributed by atoms with Crippen LogP contribution in [-0.4, -0.2) is 49.8 Å². The molecule has 0 bridgehead atoms. The molecular weight excluding hydrogens is 346 g/mol. The molecular formula is C16H27N3O5S. The van der Waals surface area contributed by atoms with Crippen LogP contribution in [0.1, 0.15) is 52.1 Å². The molecule has 2 N–H and O–H groups in total. The number of sulfonamides is 1. The molecule has 0 aliphatic carbocycles. The molecule has 0 aliphatic rings. The van der Waals surface area contributed by atoms with E-state index in [1.807, 2.05) is 13.8 Å². The third kappa shape index (κ3) is 6.50. The highest BCUT2D eigenvalue weighted by Crippen LogP contribution is 2.17. The number of carbonyl (C=O) groups excluding carboxylic acids is 2. The predicted octanol–water partition coefficient (Wildman–Crippen LogP) is 1.34. The lowest BCUT2D eigenvalue weighted by Crippen LogP contribution is -2.42. The molecule has 0 aliphatic heterocycles. The third-order valence-corrected chi connectivity index (χ3v) is 4.58. The molecule has 142 valence electrons. The van der Waals surface area contributed by atoms with E-state index in [2.05, 4.69) is 10.0 Å². The van der Waals surface area contributed by atoms with E-state index >= 15 is 0 Å². The molecule has 0 spiro atoms. The van der Waals surface area contributed by atoms with Gasteiger partial charge in [0, 0.05) is 18.1 Å². The van der Waals surface area contributed by atoms with Gasteiger partial charge in [-0.25, -0.2) is 13.1 Å². The summed E-state index contributed by atoms with van der Waals surface area (Å²) in [6.07, 6.45) is 0. The minimum Gasteiger partial charge on any atom is -0.438 e. The molecule has 1 heterocycles. The summed E-state index contributed by atoms with van der Waals surface area (Å²) < 4.78 is 32.1. The molecule has 1 aromatic rings. The van der Waals surface area contributed by atoms with E-state index in [1.165, 1.54) is 17.0 Å². The van der Waals surface area contributed by atoms with Crippen molar-refractivity contribution in [3.63, 3.8) is 0 Å². The number of hydrogen-bond donors (Lipinski definition) is 2. The number of nitrogens with one attached hydrogen (secondary N) is 2. The molecule has 0 unspecified atom stereocenters. The summed E-state index contributed by atoms with van der Waals surface area (Å²) in [4.78, 5) is 25.6. The first-order chi connectivity index (χ1) is 11.4. The van der Waals surface area contributed by atoms with Gasteiger partial charge in [0.2, 0.25) is 11.0 Å². The Labute approximate surface area is 149 Å². The molecule has 0 atom stereocenters. The van der Waals surface area contributed by atoms with Crippen LogP contribution in [-0.2, 0) is 14.8 Å². The molecule has 2 amide bonds. The number of nitrogens with zero attached hydrogens (tertiary/aromatic N) is 1. The molecule has 0 aromatic carbocycles. The van der Waals surface area contributed by atoms with Gasteiger partial charge in [0.15, 0.2) is 5.76 Å². The number of hydrogen-bond acceptors (Lipinski definition) is 5. The normalized spacial score (nSPS) is 12.3. The van der Waals surface area contributed by atoms with Crippen molar-refractivity contribution in [3.8, 4) is 0 Å². The molecule has 8 nitrogen and oxygen atoms in total. The fourth-order valence-corrected chi connectivity index (χ4v) is 3.41. The molecule has 0 saturated carbocycles. The highest BCUT2D eigenvalue weighted by atomic mass is 32.2. The average molecular weight is 373 g/mol. The highest BCUT2D eigenvalue weighted by Gasteiger charge is 2.27. The van der Waals surface area contributed by atoms with Gasteiger partial charge in [0.25, 0.3) is 15.9 Å². The zero-order valence-corrected chi connectivity index (χ0v) is 16.4. The lowest BCUT2D eigenvalue weighted by Gasteiger charge is -2.20. The molecule has 0 radical (unpaired) electrons. The van der Waals surface area contributed by atoms with E-state index < -0.39 is 21.5 Å². The van der Waals surface area contributed by atoms with Crippen LogP contribution in [0.15, 0.2) is 21.6 Å². The van der Waals surface area contributed by atoms with Crippen molar-refractivity contribution in [1.29, 1.82) is 0 Å². The largest absolute Gasteiger partial charge is 0.438 e. The van der Waals surface area contributed by atoms with Gasteiger partial charge in [0.05, 0.1) is 6.54 Å². The van der Waals surface area contributed by atoms with Gasteiger partial charge in [-0.15, -0.1) is 0 Å². The summed E-state index contributed by atoms with van der Waals surface area (Å²) in [5.41, 5.74) is -0.680. The Morgan fingerprint density at radius 1 is 1.24 bits per heavy atom. The monoisotopic (exact) mass is 373 g/mol. The first-order valence-electron chi connectivity index (χ1n) is 8.08. The van der Waals surface area contributed by atoms with Gasteiger partial charge in [-0.2, -0.15) is 0 Å². The lowest BCUT2D eigenvalue weighted by atomic mass is 10.1.